The van der Waals surface area contributed by atoms with E-state index < -0.39 is 0 Å². The molecule has 2 atom stereocenters. The van der Waals surface area contributed by atoms with Crippen molar-refractivity contribution in [1.82, 2.24) is 10.2 Å². The summed E-state index contributed by atoms with van der Waals surface area (Å²) >= 11 is 12.2. The highest BCUT2D eigenvalue weighted by atomic mass is 35.5. The maximum atomic E-state index is 6.09. The summed E-state index contributed by atoms with van der Waals surface area (Å²) in [6.07, 6.45) is 0. The number of nitrogens with two attached hydrogens (primary N) is 1. The quantitative estimate of drug-likeness (QED) is 0.872. The summed E-state index contributed by atoms with van der Waals surface area (Å²) in [6, 6.07) is 7.63. The lowest BCUT2D eigenvalue weighted by molar-refractivity contribution is 0.597. The van der Waals surface area contributed by atoms with E-state index in [0.717, 1.165) is 5.69 Å². The van der Waals surface area contributed by atoms with E-state index in [1.165, 1.54) is 5.56 Å². The van der Waals surface area contributed by atoms with Crippen LogP contribution < -0.4 is 5.73 Å². The van der Waals surface area contributed by atoms with Crippen LogP contribution in [0.1, 0.15) is 36.9 Å². The van der Waals surface area contributed by atoms with Crippen molar-refractivity contribution in [3.05, 3.63) is 45.6 Å². The molecule has 5 heteroatoms. The number of nitrogens with zero attached hydrogens (tertiary/aromatic N) is 1. The summed E-state index contributed by atoms with van der Waals surface area (Å²) in [5.41, 5.74) is 8.07. The average Bonchev–Trinajstić information content (AvgIpc) is 2.63. The van der Waals surface area contributed by atoms with Gasteiger partial charge in [0.25, 0.3) is 0 Å². The molecule has 2 aromatic rings. The molecule has 1 aliphatic rings. The number of H-pyrrole nitrogens is 1. The zero-order chi connectivity index (χ0) is 13.8. The molecule has 0 spiro atoms. The molecule has 100 valence electrons. The molecule has 0 amide bonds. The second-order valence-corrected chi connectivity index (χ2v) is 6.60. The maximum absolute atomic E-state index is 6.09. The topological polar surface area (TPSA) is 54.7 Å². The Bertz CT molecular complexity index is 613. The normalized spacial score (nSPS) is 24.4. The first-order valence-electron chi connectivity index (χ1n) is 6.16. The third kappa shape index (κ3) is 2.11. The van der Waals surface area contributed by atoms with Crippen molar-refractivity contribution in [2.75, 3.05) is 5.73 Å². The van der Waals surface area contributed by atoms with Crippen LogP contribution in [0.5, 0.6) is 0 Å². The highest BCUT2D eigenvalue weighted by Gasteiger charge is 2.59. The van der Waals surface area contributed by atoms with Gasteiger partial charge in [-0.25, -0.2) is 0 Å². The van der Waals surface area contributed by atoms with Gasteiger partial charge < -0.3 is 5.73 Å². The highest BCUT2D eigenvalue weighted by molar-refractivity contribution is 6.34. The summed E-state index contributed by atoms with van der Waals surface area (Å²) in [5, 5.41) is 8.37. The molecule has 19 heavy (non-hydrogen) atoms. The van der Waals surface area contributed by atoms with Gasteiger partial charge in [-0.2, -0.15) is 5.10 Å². The second kappa shape index (κ2) is 4.15. The fourth-order valence-corrected chi connectivity index (χ4v) is 3.65. The van der Waals surface area contributed by atoms with Crippen molar-refractivity contribution >= 4 is 29.0 Å². The van der Waals surface area contributed by atoms with Crippen molar-refractivity contribution in [3.63, 3.8) is 0 Å². The van der Waals surface area contributed by atoms with Crippen LogP contribution in [0.25, 0.3) is 0 Å². The molecular formula is C14H15Cl2N3. The summed E-state index contributed by atoms with van der Waals surface area (Å²) in [7, 11) is 0. The van der Waals surface area contributed by atoms with E-state index in [4.69, 9.17) is 28.9 Å². The molecule has 3 N–H and O–H groups in total. The van der Waals surface area contributed by atoms with Crippen LogP contribution in [0.4, 0.5) is 5.82 Å². The number of aromatic amines is 1. The molecule has 1 fully saturated rings. The Morgan fingerprint density at radius 3 is 2.26 bits per heavy atom. The lowest BCUT2D eigenvalue weighted by atomic mass is 10.0. The monoisotopic (exact) mass is 295 g/mol. The van der Waals surface area contributed by atoms with Gasteiger partial charge in [-0.1, -0.05) is 37.0 Å². The Morgan fingerprint density at radius 2 is 1.74 bits per heavy atom. The Labute approximate surface area is 122 Å². The van der Waals surface area contributed by atoms with Crippen LogP contribution in [0.2, 0.25) is 10.0 Å². The largest absolute Gasteiger partial charge is 0.382 e. The molecule has 0 saturated heterocycles. The molecule has 3 rings (SSSR count). The van der Waals surface area contributed by atoms with E-state index in [0.29, 0.717) is 27.7 Å². The van der Waals surface area contributed by atoms with Gasteiger partial charge in [-0.05, 0) is 35.1 Å². The van der Waals surface area contributed by atoms with E-state index in [1.807, 2.05) is 18.2 Å². The minimum Gasteiger partial charge on any atom is -0.382 e. The second-order valence-electron chi connectivity index (χ2n) is 5.73. The van der Waals surface area contributed by atoms with Crippen LogP contribution >= 0.6 is 23.2 Å². The van der Waals surface area contributed by atoms with E-state index in [-0.39, 0.29) is 5.41 Å². The fraction of sp³-hybridized carbons (Fsp3) is 0.357. The number of aromatic nitrogens is 2. The third-order valence-electron chi connectivity index (χ3n) is 4.02. The van der Waals surface area contributed by atoms with E-state index in [1.54, 1.807) is 6.07 Å². The number of hydrogen-bond acceptors (Lipinski definition) is 2. The van der Waals surface area contributed by atoms with Gasteiger partial charge in [-0.3, -0.25) is 5.10 Å². The summed E-state index contributed by atoms with van der Waals surface area (Å²) in [5.74, 6) is 1.27. The van der Waals surface area contributed by atoms with Gasteiger partial charge in [0.15, 0.2) is 0 Å². The zero-order valence-electron chi connectivity index (χ0n) is 10.7. The standard InChI is InChI=1S/C14H15Cl2N3/c1-14(2)12(7-3-8(15)5-9(16)4-7)13(14)10-6-11(17)19-18-10/h3-6,12-13H,1-2H3,(H3,17,18,19). The third-order valence-corrected chi connectivity index (χ3v) is 4.46. The van der Waals surface area contributed by atoms with Crippen molar-refractivity contribution in [2.45, 2.75) is 25.7 Å². The van der Waals surface area contributed by atoms with Crippen molar-refractivity contribution in [3.8, 4) is 0 Å². The van der Waals surface area contributed by atoms with Gasteiger partial charge in [0.05, 0.1) is 0 Å². The molecule has 3 nitrogen and oxygen atoms in total. The summed E-state index contributed by atoms with van der Waals surface area (Å²) < 4.78 is 0. The smallest absolute Gasteiger partial charge is 0.145 e. The van der Waals surface area contributed by atoms with Crippen LogP contribution in [-0.2, 0) is 0 Å². The highest BCUT2D eigenvalue weighted by Crippen LogP contribution is 2.69. The minimum absolute atomic E-state index is 0.146. The number of hydrogen-bond donors (Lipinski definition) is 2. The molecule has 1 saturated carbocycles. The molecule has 0 bridgehead atoms. The van der Waals surface area contributed by atoms with E-state index in [9.17, 15) is 0 Å². The first-order chi connectivity index (χ1) is 8.89. The molecule has 0 aliphatic heterocycles. The summed E-state index contributed by atoms with van der Waals surface area (Å²) in [4.78, 5) is 0. The Kier molecular flexibility index (Phi) is 2.80. The fourth-order valence-electron chi connectivity index (χ4n) is 3.11. The van der Waals surface area contributed by atoms with Crippen LogP contribution in [0, 0.1) is 5.41 Å². The maximum Gasteiger partial charge on any atom is 0.145 e. The minimum atomic E-state index is 0.146. The molecular weight excluding hydrogens is 281 g/mol. The van der Waals surface area contributed by atoms with Gasteiger partial charge in [0.1, 0.15) is 5.82 Å². The number of nitrogen functional groups attached to an aromatic ring is 1. The first kappa shape index (κ1) is 12.8. The molecule has 1 heterocycles. The molecule has 0 radical (unpaired) electrons. The Hall–Kier alpha value is -1.19. The van der Waals surface area contributed by atoms with E-state index >= 15 is 0 Å². The zero-order valence-corrected chi connectivity index (χ0v) is 12.3. The molecule has 1 aromatic carbocycles. The lowest BCUT2D eigenvalue weighted by Crippen LogP contribution is -1.91. The number of nitrogens with one attached hydrogen (secondary N) is 1. The lowest BCUT2D eigenvalue weighted by Gasteiger charge is -2.04. The number of rotatable bonds is 2. The molecule has 1 aromatic heterocycles. The molecule has 1 aliphatic carbocycles. The predicted molar refractivity (Wildman–Crippen MR) is 78.7 cm³/mol. The molecule has 2 unspecified atom stereocenters. The van der Waals surface area contributed by atoms with Crippen molar-refractivity contribution in [2.24, 2.45) is 5.41 Å². The average molecular weight is 296 g/mol. The SMILES string of the molecule is CC1(C)C(c2cc(Cl)cc(Cl)c2)C1c1cc(N)n[nH]1. The van der Waals surface area contributed by atoms with Gasteiger partial charge in [0.2, 0.25) is 0 Å². The summed E-state index contributed by atoms with van der Waals surface area (Å²) in [6.45, 7) is 4.46. The van der Waals surface area contributed by atoms with Gasteiger partial charge >= 0.3 is 0 Å². The van der Waals surface area contributed by atoms with Crippen LogP contribution in [-0.4, -0.2) is 10.2 Å². The number of anilines is 1. The first-order valence-corrected chi connectivity index (χ1v) is 6.92. The Morgan fingerprint density at radius 1 is 1.11 bits per heavy atom. The van der Waals surface area contributed by atoms with Gasteiger partial charge in [0, 0.05) is 27.7 Å². The van der Waals surface area contributed by atoms with Crippen molar-refractivity contribution < 1.29 is 0 Å². The van der Waals surface area contributed by atoms with Crippen molar-refractivity contribution in [1.29, 1.82) is 0 Å². The Balaban J connectivity index is 1.98. The van der Waals surface area contributed by atoms with Crippen LogP contribution in [0.15, 0.2) is 24.3 Å². The number of halogens is 2. The number of benzene rings is 1. The van der Waals surface area contributed by atoms with Gasteiger partial charge in [-0.15, -0.1) is 0 Å². The van der Waals surface area contributed by atoms with Crippen LogP contribution in [0.3, 0.4) is 0 Å². The predicted octanol–water partition coefficient (Wildman–Crippen LogP) is 4.21. The van der Waals surface area contributed by atoms with E-state index in [2.05, 4.69) is 24.0 Å².